The van der Waals surface area contributed by atoms with Crippen LogP contribution in [0.4, 0.5) is 0 Å². The smallest absolute Gasteiger partial charge is 0.252 e. The highest BCUT2D eigenvalue weighted by atomic mass is 16.1. The third-order valence-electron chi connectivity index (χ3n) is 5.58. The van der Waals surface area contributed by atoms with E-state index in [9.17, 15) is 4.79 Å². The van der Waals surface area contributed by atoms with E-state index in [2.05, 4.69) is 47.9 Å². The Bertz CT molecular complexity index is 1050. The zero-order valence-corrected chi connectivity index (χ0v) is 15.5. The number of nitrogens with zero attached hydrogens (tertiary/aromatic N) is 1. The first-order valence-corrected chi connectivity index (χ1v) is 9.68. The van der Waals surface area contributed by atoms with E-state index >= 15 is 0 Å². The predicted octanol–water partition coefficient (Wildman–Crippen LogP) is 3.95. The second-order valence-corrected chi connectivity index (χ2v) is 7.78. The molecule has 2 heterocycles. The maximum absolute atomic E-state index is 13.0. The van der Waals surface area contributed by atoms with Gasteiger partial charge in [0.15, 0.2) is 0 Å². The number of nitrogens with one attached hydrogen (secondary N) is 2. The van der Waals surface area contributed by atoms with Crippen LogP contribution in [0.15, 0.2) is 42.5 Å². The Morgan fingerprint density at radius 1 is 1.11 bits per heavy atom. The molecule has 0 spiro atoms. The van der Waals surface area contributed by atoms with Crippen LogP contribution < -0.4 is 10.6 Å². The topological polar surface area (TPSA) is 54.0 Å². The summed E-state index contributed by atoms with van der Waals surface area (Å²) in [6.45, 7) is 4.44. The standard InChI is InChI=1S/C23H23N3O/c1-14-2-7-21-19(8-14)20(10-22(26-21)16-5-6-16)23(27)25-11-15-3-4-17-12-24-13-18(17)9-15/h2-4,7-10,16,24H,5-6,11-13H2,1H3,(H,25,27). The normalized spacial score (nSPS) is 15.7. The molecule has 2 aromatic carbocycles. The molecular formula is C23H23N3O. The molecule has 5 rings (SSSR count). The SMILES string of the molecule is Cc1ccc2nc(C3CC3)cc(C(=O)NCc3ccc4c(c3)CNC4)c2c1. The molecule has 0 unspecified atom stereocenters. The van der Waals surface area contributed by atoms with Crippen molar-refractivity contribution in [3.8, 4) is 0 Å². The van der Waals surface area contributed by atoms with Crippen molar-refractivity contribution in [2.45, 2.75) is 45.3 Å². The molecule has 0 atom stereocenters. The highest BCUT2D eigenvalue weighted by Gasteiger charge is 2.27. The monoisotopic (exact) mass is 357 g/mol. The van der Waals surface area contributed by atoms with Crippen LogP contribution in [0.25, 0.3) is 10.9 Å². The van der Waals surface area contributed by atoms with Crippen molar-refractivity contribution in [2.75, 3.05) is 0 Å². The summed E-state index contributed by atoms with van der Waals surface area (Å²) < 4.78 is 0. The van der Waals surface area contributed by atoms with Gasteiger partial charge in [-0.3, -0.25) is 9.78 Å². The lowest BCUT2D eigenvalue weighted by Gasteiger charge is -2.11. The molecule has 1 fully saturated rings. The van der Waals surface area contributed by atoms with Gasteiger partial charge in [0, 0.05) is 36.6 Å². The Morgan fingerprint density at radius 2 is 1.96 bits per heavy atom. The predicted molar refractivity (Wildman–Crippen MR) is 107 cm³/mol. The van der Waals surface area contributed by atoms with Crippen LogP contribution in [0.3, 0.4) is 0 Å². The zero-order chi connectivity index (χ0) is 18.4. The Kier molecular flexibility index (Phi) is 3.94. The van der Waals surface area contributed by atoms with Gasteiger partial charge in [0.05, 0.1) is 11.1 Å². The second-order valence-electron chi connectivity index (χ2n) is 7.78. The van der Waals surface area contributed by atoms with Crippen molar-refractivity contribution < 1.29 is 4.79 Å². The first kappa shape index (κ1) is 16.5. The van der Waals surface area contributed by atoms with Gasteiger partial charge in [0.1, 0.15) is 0 Å². The average Bonchev–Trinajstić information content (AvgIpc) is 3.43. The number of benzene rings is 2. The van der Waals surface area contributed by atoms with Crippen LogP contribution in [-0.2, 0) is 19.6 Å². The Morgan fingerprint density at radius 3 is 2.81 bits per heavy atom. The second kappa shape index (κ2) is 6.46. The minimum Gasteiger partial charge on any atom is -0.348 e. The molecular weight excluding hydrogens is 334 g/mol. The molecule has 27 heavy (non-hydrogen) atoms. The summed E-state index contributed by atoms with van der Waals surface area (Å²) in [5.74, 6) is 0.500. The Labute approximate surface area is 159 Å². The molecule has 2 N–H and O–H groups in total. The third-order valence-corrected chi connectivity index (χ3v) is 5.58. The lowest BCUT2D eigenvalue weighted by Crippen LogP contribution is -2.23. The van der Waals surface area contributed by atoms with Gasteiger partial charge >= 0.3 is 0 Å². The van der Waals surface area contributed by atoms with E-state index in [1.165, 1.54) is 24.0 Å². The molecule has 0 saturated heterocycles. The van der Waals surface area contributed by atoms with Crippen molar-refractivity contribution in [3.63, 3.8) is 0 Å². The maximum Gasteiger partial charge on any atom is 0.252 e. The van der Waals surface area contributed by atoms with E-state index in [1.54, 1.807) is 0 Å². The molecule has 2 aliphatic rings. The van der Waals surface area contributed by atoms with Crippen LogP contribution in [-0.4, -0.2) is 10.9 Å². The van der Waals surface area contributed by atoms with Crippen LogP contribution in [0, 0.1) is 6.92 Å². The minimum absolute atomic E-state index is 0.0199. The van der Waals surface area contributed by atoms with Crippen LogP contribution in [0.2, 0.25) is 0 Å². The molecule has 3 aromatic rings. The molecule has 4 nitrogen and oxygen atoms in total. The van der Waals surface area contributed by atoms with E-state index < -0.39 is 0 Å². The minimum atomic E-state index is -0.0199. The van der Waals surface area contributed by atoms with Crippen molar-refractivity contribution in [2.24, 2.45) is 0 Å². The highest BCUT2D eigenvalue weighted by molar-refractivity contribution is 6.06. The summed E-state index contributed by atoms with van der Waals surface area (Å²) in [5.41, 5.74) is 7.69. The number of fused-ring (bicyclic) bond motifs is 2. The largest absolute Gasteiger partial charge is 0.348 e. The fourth-order valence-corrected chi connectivity index (χ4v) is 3.87. The number of pyridine rings is 1. The van der Waals surface area contributed by atoms with Crippen molar-refractivity contribution in [3.05, 3.63) is 76.0 Å². The molecule has 0 bridgehead atoms. The van der Waals surface area contributed by atoms with E-state index in [0.717, 1.165) is 46.4 Å². The lowest BCUT2D eigenvalue weighted by atomic mass is 10.0. The van der Waals surface area contributed by atoms with Gasteiger partial charge in [-0.1, -0.05) is 29.8 Å². The van der Waals surface area contributed by atoms with Crippen LogP contribution in [0.5, 0.6) is 0 Å². The molecule has 4 heteroatoms. The van der Waals surface area contributed by atoms with Gasteiger partial charge in [-0.25, -0.2) is 0 Å². The van der Waals surface area contributed by atoms with E-state index in [0.29, 0.717) is 12.5 Å². The summed E-state index contributed by atoms with van der Waals surface area (Å²) in [6, 6.07) is 14.6. The number of hydrogen-bond acceptors (Lipinski definition) is 3. The molecule has 1 saturated carbocycles. The number of amides is 1. The summed E-state index contributed by atoms with van der Waals surface area (Å²) in [7, 11) is 0. The van der Waals surface area contributed by atoms with Crippen molar-refractivity contribution in [1.82, 2.24) is 15.6 Å². The highest BCUT2D eigenvalue weighted by Crippen LogP contribution is 2.40. The number of hydrogen-bond donors (Lipinski definition) is 2. The molecule has 1 aliphatic heterocycles. The van der Waals surface area contributed by atoms with Gasteiger partial charge < -0.3 is 10.6 Å². The van der Waals surface area contributed by atoms with Gasteiger partial charge in [0.25, 0.3) is 5.91 Å². The fraction of sp³-hybridized carbons (Fsp3) is 0.304. The maximum atomic E-state index is 13.0. The first-order valence-electron chi connectivity index (χ1n) is 9.68. The van der Waals surface area contributed by atoms with Crippen LogP contribution in [0.1, 0.15) is 57.1 Å². The number of aromatic nitrogens is 1. The summed E-state index contributed by atoms with van der Waals surface area (Å²) in [5, 5.41) is 7.42. The number of carbonyl (C=O) groups is 1. The molecule has 1 aliphatic carbocycles. The quantitative estimate of drug-likeness (QED) is 0.743. The van der Waals surface area contributed by atoms with Gasteiger partial charge in [-0.05, 0) is 54.7 Å². The Balaban J connectivity index is 1.43. The molecule has 1 amide bonds. The molecule has 0 radical (unpaired) electrons. The summed E-state index contributed by atoms with van der Waals surface area (Å²) in [4.78, 5) is 17.8. The van der Waals surface area contributed by atoms with Gasteiger partial charge in [-0.2, -0.15) is 0 Å². The summed E-state index contributed by atoms with van der Waals surface area (Å²) >= 11 is 0. The number of rotatable bonds is 4. The number of carbonyl (C=O) groups excluding carboxylic acids is 1. The van der Waals surface area contributed by atoms with Crippen molar-refractivity contribution in [1.29, 1.82) is 0 Å². The first-order chi connectivity index (χ1) is 13.2. The third kappa shape index (κ3) is 3.21. The number of aryl methyl sites for hydroxylation is 1. The lowest BCUT2D eigenvalue weighted by molar-refractivity contribution is 0.0952. The Hall–Kier alpha value is -2.72. The van der Waals surface area contributed by atoms with E-state index in [-0.39, 0.29) is 5.91 Å². The zero-order valence-electron chi connectivity index (χ0n) is 15.5. The summed E-state index contributed by atoms with van der Waals surface area (Å²) in [6.07, 6.45) is 2.35. The van der Waals surface area contributed by atoms with Crippen molar-refractivity contribution >= 4 is 16.8 Å². The van der Waals surface area contributed by atoms with Gasteiger partial charge in [-0.15, -0.1) is 0 Å². The van der Waals surface area contributed by atoms with E-state index in [4.69, 9.17) is 4.98 Å². The average molecular weight is 357 g/mol. The van der Waals surface area contributed by atoms with E-state index in [1.807, 2.05) is 12.1 Å². The van der Waals surface area contributed by atoms with Gasteiger partial charge in [0.2, 0.25) is 0 Å². The fourth-order valence-electron chi connectivity index (χ4n) is 3.87. The van der Waals surface area contributed by atoms with Crippen LogP contribution >= 0.6 is 0 Å². The molecule has 1 aromatic heterocycles. The molecule has 136 valence electrons.